The lowest BCUT2D eigenvalue weighted by molar-refractivity contribution is -0.400. The molecule has 3 rings (SSSR count). The van der Waals surface area contributed by atoms with Crippen LogP contribution in [0.4, 0.5) is 5.69 Å². The third-order valence-corrected chi connectivity index (χ3v) is 4.66. The second-order valence-electron chi connectivity index (χ2n) is 6.48. The normalized spacial score (nSPS) is 11.5. The molecule has 0 unspecified atom stereocenters. The third kappa shape index (κ3) is 4.99. The van der Waals surface area contributed by atoms with Gasteiger partial charge in [0.15, 0.2) is 0 Å². The molecule has 2 aromatic carbocycles. The van der Waals surface area contributed by atoms with E-state index in [1.54, 1.807) is 18.2 Å². The van der Waals surface area contributed by atoms with Gasteiger partial charge in [-0.25, -0.2) is 4.79 Å². The Morgan fingerprint density at radius 3 is 2.24 bits per heavy atom. The fraction of sp³-hybridized carbons (Fsp3) is 0.174. The molecule has 0 atom stereocenters. The predicted molar refractivity (Wildman–Crippen MR) is 117 cm³/mol. The first-order valence-electron chi connectivity index (χ1n) is 9.43. The number of rotatable bonds is 7. The van der Waals surface area contributed by atoms with Crippen LogP contribution >= 0.6 is 0 Å². The second-order valence-corrected chi connectivity index (χ2v) is 6.48. The van der Waals surface area contributed by atoms with Crippen LogP contribution < -0.4 is 10.5 Å². The number of anilines is 1. The molecule has 0 amide bonds. The Morgan fingerprint density at radius 2 is 1.62 bits per heavy atom. The molecule has 0 N–H and O–H groups in total. The zero-order valence-electron chi connectivity index (χ0n) is 16.4. The van der Waals surface area contributed by atoms with Crippen molar-refractivity contribution in [3.05, 3.63) is 92.0 Å². The van der Waals surface area contributed by atoms with E-state index in [0.717, 1.165) is 41.5 Å². The van der Waals surface area contributed by atoms with E-state index in [4.69, 9.17) is 4.42 Å². The molecule has 0 fully saturated rings. The zero-order valence-corrected chi connectivity index (χ0v) is 16.4. The number of fused-ring (bicyclic) bond motifs is 1. The highest BCUT2D eigenvalue weighted by molar-refractivity contribution is 5.83. The average Bonchev–Trinajstić information content (AvgIpc) is 2.72. The van der Waals surface area contributed by atoms with Gasteiger partial charge in [0.2, 0.25) is 6.20 Å². The molecule has 6 nitrogen and oxygen atoms in total. The van der Waals surface area contributed by atoms with Crippen LogP contribution in [0.1, 0.15) is 30.5 Å². The smallest absolute Gasteiger partial charge is 0.343 e. The van der Waals surface area contributed by atoms with E-state index in [1.807, 2.05) is 42.5 Å². The Bertz CT molecular complexity index is 1120. The molecular weight excluding hydrogens is 368 g/mol. The Morgan fingerprint density at radius 1 is 0.966 bits per heavy atom. The summed E-state index contributed by atoms with van der Waals surface area (Å²) < 4.78 is 5.53. The lowest BCUT2D eigenvalue weighted by Gasteiger charge is -2.20. The van der Waals surface area contributed by atoms with Crippen LogP contribution in [0, 0.1) is 10.1 Å². The van der Waals surface area contributed by atoms with Gasteiger partial charge in [0.1, 0.15) is 5.58 Å². The van der Waals surface area contributed by atoms with Crippen molar-refractivity contribution in [1.29, 1.82) is 0 Å². The summed E-state index contributed by atoms with van der Waals surface area (Å²) in [7, 11) is 0. The van der Waals surface area contributed by atoms with E-state index >= 15 is 0 Å². The van der Waals surface area contributed by atoms with Gasteiger partial charge in [0, 0.05) is 36.3 Å². The quantitative estimate of drug-likeness (QED) is 0.320. The van der Waals surface area contributed by atoms with Gasteiger partial charge in [-0.2, -0.15) is 0 Å². The molecule has 0 aliphatic carbocycles. The Hall–Kier alpha value is -3.67. The van der Waals surface area contributed by atoms with Gasteiger partial charge in [-0.1, -0.05) is 30.3 Å². The first-order chi connectivity index (χ1) is 14.0. The van der Waals surface area contributed by atoms with Crippen LogP contribution in [0.5, 0.6) is 0 Å². The van der Waals surface area contributed by atoms with Gasteiger partial charge in [-0.05, 0) is 49.2 Å². The first-order valence-corrected chi connectivity index (χ1v) is 9.43. The first kappa shape index (κ1) is 20.1. The van der Waals surface area contributed by atoms with Gasteiger partial charge >= 0.3 is 5.63 Å². The highest BCUT2D eigenvalue weighted by Crippen LogP contribution is 2.22. The predicted octanol–water partition coefficient (Wildman–Crippen LogP) is 5.06. The molecule has 0 aliphatic heterocycles. The summed E-state index contributed by atoms with van der Waals surface area (Å²) in [6.07, 6.45) is 5.85. The maximum Gasteiger partial charge on any atom is 0.343 e. The summed E-state index contributed by atoms with van der Waals surface area (Å²) in [5.41, 5.74) is 3.27. The minimum atomic E-state index is -0.502. The van der Waals surface area contributed by atoms with Gasteiger partial charge in [0.05, 0.1) is 10.5 Å². The van der Waals surface area contributed by atoms with Crippen molar-refractivity contribution in [2.24, 2.45) is 0 Å². The lowest BCUT2D eigenvalue weighted by atomic mass is 10.1. The van der Waals surface area contributed by atoms with Gasteiger partial charge < -0.3 is 9.32 Å². The fourth-order valence-corrected chi connectivity index (χ4v) is 3.07. The Balaban J connectivity index is 1.84. The zero-order chi connectivity index (χ0) is 20.8. The number of nitro groups is 1. The fourth-order valence-electron chi connectivity index (χ4n) is 3.07. The van der Waals surface area contributed by atoms with Gasteiger partial charge in [-0.3, -0.25) is 10.1 Å². The number of nitrogens with zero attached hydrogens (tertiary/aromatic N) is 2. The highest BCUT2D eigenvalue weighted by atomic mass is 16.6. The molecule has 0 bridgehead atoms. The molecule has 0 aliphatic rings. The largest absolute Gasteiger partial charge is 0.422 e. The molecule has 1 heterocycles. The van der Waals surface area contributed by atoms with E-state index in [9.17, 15) is 14.9 Å². The summed E-state index contributed by atoms with van der Waals surface area (Å²) in [5.74, 6) is 0. The van der Waals surface area contributed by atoms with Crippen LogP contribution in [0.2, 0.25) is 0 Å². The van der Waals surface area contributed by atoms with E-state index in [2.05, 4.69) is 18.7 Å². The monoisotopic (exact) mass is 390 g/mol. The SMILES string of the molecule is CCN(CC)c1ccc2cc(C=Cc3ccc(C=C[N+](=O)[O-])cc3)c(=O)oc2c1. The van der Waals surface area contributed by atoms with E-state index in [-0.39, 0.29) is 0 Å². The number of hydrogen-bond donors (Lipinski definition) is 0. The van der Waals surface area contributed by atoms with Crippen molar-refractivity contribution in [2.45, 2.75) is 13.8 Å². The van der Waals surface area contributed by atoms with E-state index in [1.165, 1.54) is 6.08 Å². The van der Waals surface area contributed by atoms with Gasteiger partial charge in [0.25, 0.3) is 0 Å². The molecule has 6 heteroatoms. The van der Waals surface area contributed by atoms with Crippen LogP contribution in [-0.4, -0.2) is 18.0 Å². The van der Waals surface area contributed by atoms with Crippen LogP contribution in [0.15, 0.2) is 63.9 Å². The molecule has 29 heavy (non-hydrogen) atoms. The van der Waals surface area contributed by atoms with Crippen molar-refractivity contribution >= 4 is 34.9 Å². The van der Waals surface area contributed by atoms with E-state index in [0.29, 0.717) is 11.1 Å². The summed E-state index contributed by atoms with van der Waals surface area (Å²) >= 11 is 0. The molecular formula is C23H22N2O4. The highest BCUT2D eigenvalue weighted by Gasteiger charge is 2.07. The maximum atomic E-state index is 12.4. The topological polar surface area (TPSA) is 76.6 Å². The van der Waals surface area contributed by atoms with E-state index < -0.39 is 10.5 Å². The maximum absolute atomic E-state index is 12.4. The van der Waals surface area contributed by atoms with Crippen molar-refractivity contribution in [1.82, 2.24) is 0 Å². The van der Waals surface area contributed by atoms with Gasteiger partial charge in [-0.15, -0.1) is 0 Å². The summed E-state index contributed by atoms with van der Waals surface area (Å²) in [6, 6.07) is 14.9. The summed E-state index contributed by atoms with van der Waals surface area (Å²) in [6.45, 7) is 5.94. The molecule has 0 saturated carbocycles. The number of hydrogen-bond acceptors (Lipinski definition) is 5. The molecule has 148 valence electrons. The van der Waals surface area contributed by atoms with Crippen molar-refractivity contribution in [2.75, 3.05) is 18.0 Å². The number of benzene rings is 2. The minimum absolute atomic E-state index is 0.393. The third-order valence-electron chi connectivity index (χ3n) is 4.66. The van der Waals surface area contributed by atoms with Crippen LogP contribution in [0.3, 0.4) is 0 Å². The minimum Gasteiger partial charge on any atom is -0.422 e. The summed E-state index contributed by atoms with van der Waals surface area (Å²) in [4.78, 5) is 24.4. The van der Waals surface area contributed by atoms with Crippen molar-refractivity contribution in [3.8, 4) is 0 Å². The van der Waals surface area contributed by atoms with Crippen molar-refractivity contribution < 1.29 is 9.34 Å². The second kappa shape index (κ2) is 9.01. The summed E-state index contributed by atoms with van der Waals surface area (Å²) in [5, 5.41) is 11.2. The van der Waals surface area contributed by atoms with Crippen LogP contribution in [-0.2, 0) is 0 Å². The molecule has 0 saturated heterocycles. The van der Waals surface area contributed by atoms with Crippen molar-refractivity contribution in [3.63, 3.8) is 0 Å². The Kier molecular flexibility index (Phi) is 6.24. The average molecular weight is 390 g/mol. The lowest BCUT2D eigenvalue weighted by Crippen LogP contribution is -2.21. The van der Waals surface area contributed by atoms with Crippen LogP contribution in [0.25, 0.3) is 29.2 Å². The molecule has 0 spiro atoms. The molecule has 1 aromatic heterocycles. The Labute approximate surface area is 168 Å². The standard InChI is InChI=1S/C23H22N2O4/c1-3-24(4-2)21-12-11-19-15-20(23(26)29-22(19)16-21)10-9-17-5-7-18(8-6-17)13-14-25(27)28/h5-16H,3-4H2,1-2H3. The molecule has 3 aromatic rings. The molecule has 0 radical (unpaired) electrons.